The van der Waals surface area contributed by atoms with Crippen molar-refractivity contribution in [2.75, 3.05) is 13.3 Å². The second-order valence-electron chi connectivity index (χ2n) is 5.10. The third-order valence-electron chi connectivity index (χ3n) is 3.62. The average molecular weight is 307 g/mol. The lowest BCUT2D eigenvalue weighted by Crippen LogP contribution is -2.29. The summed E-state index contributed by atoms with van der Waals surface area (Å²) >= 11 is 0. The van der Waals surface area contributed by atoms with Gasteiger partial charge in [0.05, 0.1) is 17.5 Å². The molecule has 112 valence electrons. The number of hydrogen-bond acceptors (Lipinski definition) is 4. The number of rotatable bonds is 3. The quantitative estimate of drug-likeness (QED) is 0.937. The van der Waals surface area contributed by atoms with Crippen LogP contribution in [0.2, 0.25) is 0 Å². The van der Waals surface area contributed by atoms with Gasteiger partial charge >= 0.3 is 0 Å². The van der Waals surface area contributed by atoms with Crippen molar-refractivity contribution in [3.05, 3.63) is 47.3 Å². The van der Waals surface area contributed by atoms with E-state index in [1.165, 1.54) is 4.31 Å². The van der Waals surface area contributed by atoms with E-state index in [0.29, 0.717) is 17.9 Å². The first-order valence-electron chi connectivity index (χ1n) is 6.68. The van der Waals surface area contributed by atoms with Gasteiger partial charge in [-0.25, -0.2) is 8.42 Å². The highest BCUT2D eigenvalue weighted by molar-refractivity contribution is 7.89. The van der Waals surface area contributed by atoms with Gasteiger partial charge in [-0.1, -0.05) is 30.3 Å². The Hall–Kier alpha value is -1.70. The Kier molecular flexibility index (Phi) is 3.56. The van der Waals surface area contributed by atoms with Gasteiger partial charge in [0.1, 0.15) is 11.6 Å². The minimum absolute atomic E-state index is 0.0615. The molecule has 0 saturated carbocycles. The first-order chi connectivity index (χ1) is 10.00. The highest BCUT2D eigenvalue weighted by Crippen LogP contribution is 2.30. The smallest absolute Gasteiger partial charge is 0.248 e. The van der Waals surface area contributed by atoms with Crippen LogP contribution in [-0.2, 0) is 14.8 Å². The van der Waals surface area contributed by atoms with Gasteiger partial charge in [-0.05, 0) is 19.4 Å². The Labute approximate surface area is 123 Å². The van der Waals surface area contributed by atoms with Gasteiger partial charge in [-0.15, -0.1) is 0 Å². The minimum Gasteiger partial charge on any atom is -0.356 e. The van der Waals surface area contributed by atoms with Crippen molar-refractivity contribution >= 4 is 10.0 Å². The van der Waals surface area contributed by atoms with Gasteiger partial charge in [-0.3, -0.25) is 5.10 Å². The van der Waals surface area contributed by atoms with E-state index in [2.05, 4.69) is 10.2 Å². The first kappa shape index (κ1) is 14.2. The second kappa shape index (κ2) is 5.25. The molecular formula is C14H17N3O3S. The molecule has 0 aliphatic carbocycles. The van der Waals surface area contributed by atoms with E-state index in [-0.39, 0.29) is 17.7 Å². The molecule has 0 amide bonds. The molecule has 0 bridgehead atoms. The summed E-state index contributed by atoms with van der Waals surface area (Å²) in [5.41, 5.74) is 2.02. The number of aryl methyl sites for hydroxylation is 2. The molecule has 1 N–H and O–H groups in total. The SMILES string of the molecule is Cc1n[nH]c(C)c1S(=O)(=O)N1COC(c2ccccc2)C1. The maximum absolute atomic E-state index is 12.7. The lowest BCUT2D eigenvalue weighted by molar-refractivity contribution is 0.104. The highest BCUT2D eigenvalue weighted by Gasteiger charge is 2.36. The molecule has 1 atom stereocenters. The molecule has 1 saturated heterocycles. The molecule has 0 spiro atoms. The van der Waals surface area contributed by atoms with Crippen LogP contribution < -0.4 is 0 Å². The number of aromatic nitrogens is 2. The minimum atomic E-state index is -3.58. The molecule has 3 rings (SSSR count). The van der Waals surface area contributed by atoms with E-state index in [1.807, 2.05) is 30.3 Å². The maximum Gasteiger partial charge on any atom is 0.248 e. The van der Waals surface area contributed by atoms with Crippen LogP contribution in [0.5, 0.6) is 0 Å². The van der Waals surface area contributed by atoms with Crippen molar-refractivity contribution in [1.82, 2.24) is 14.5 Å². The fourth-order valence-electron chi connectivity index (χ4n) is 2.55. The van der Waals surface area contributed by atoms with Gasteiger partial charge in [0.15, 0.2) is 0 Å². The average Bonchev–Trinajstić information content (AvgIpc) is 3.08. The fourth-order valence-corrected chi connectivity index (χ4v) is 4.19. The van der Waals surface area contributed by atoms with E-state index < -0.39 is 10.0 Å². The summed E-state index contributed by atoms with van der Waals surface area (Å²) in [7, 11) is -3.58. The predicted octanol–water partition coefficient (Wildman–Crippen LogP) is 1.75. The van der Waals surface area contributed by atoms with Crippen molar-refractivity contribution < 1.29 is 13.2 Å². The third kappa shape index (κ3) is 2.48. The number of hydrogen-bond donors (Lipinski definition) is 1. The van der Waals surface area contributed by atoms with Crippen LogP contribution in [0.4, 0.5) is 0 Å². The molecule has 1 aliphatic heterocycles. The summed E-state index contributed by atoms with van der Waals surface area (Å²) in [6, 6.07) is 9.63. The van der Waals surface area contributed by atoms with Gasteiger partial charge in [0.25, 0.3) is 0 Å². The molecule has 0 radical (unpaired) electrons. The van der Waals surface area contributed by atoms with E-state index >= 15 is 0 Å². The Morgan fingerprint density at radius 2 is 2.00 bits per heavy atom. The second-order valence-corrected chi connectivity index (χ2v) is 6.97. The molecular weight excluding hydrogens is 290 g/mol. The van der Waals surface area contributed by atoms with Crippen LogP contribution in [0.25, 0.3) is 0 Å². The summed E-state index contributed by atoms with van der Waals surface area (Å²) < 4.78 is 32.4. The zero-order valence-electron chi connectivity index (χ0n) is 11.9. The Balaban J connectivity index is 1.86. The first-order valence-corrected chi connectivity index (χ1v) is 8.12. The standard InChI is InChI=1S/C14H17N3O3S/c1-10-14(11(2)16-15-10)21(18,19)17-8-13(20-9-17)12-6-4-3-5-7-12/h3-7,13H,8-9H2,1-2H3,(H,15,16). The number of sulfonamides is 1. The summed E-state index contributed by atoms with van der Waals surface area (Å²) in [4.78, 5) is 0.250. The lowest BCUT2D eigenvalue weighted by atomic mass is 10.1. The summed E-state index contributed by atoms with van der Waals surface area (Å²) in [6.07, 6.45) is -0.228. The predicted molar refractivity (Wildman–Crippen MR) is 77.1 cm³/mol. The van der Waals surface area contributed by atoms with Crippen LogP contribution in [0.3, 0.4) is 0 Å². The van der Waals surface area contributed by atoms with Crippen LogP contribution in [0.15, 0.2) is 35.2 Å². The third-order valence-corrected chi connectivity index (χ3v) is 5.67. The van der Waals surface area contributed by atoms with Crippen molar-refractivity contribution in [3.63, 3.8) is 0 Å². The highest BCUT2D eigenvalue weighted by atomic mass is 32.2. The number of nitrogens with zero attached hydrogens (tertiary/aromatic N) is 2. The molecule has 1 unspecified atom stereocenters. The van der Waals surface area contributed by atoms with Crippen LogP contribution in [0, 0.1) is 13.8 Å². The van der Waals surface area contributed by atoms with Gasteiger partial charge < -0.3 is 4.74 Å². The zero-order valence-corrected chi connectivity index (χ0v) is 12.7. The van der Waals surface area contributed by atoms with Crippen LogP contribution in [-0.4, -0.2) is 36.2 Å². The number of aromatic amines is 1. The summed E-state index contributed by atoms with van der Waals surface area (Å²) in [5.74, 6) is 0. The zero-order chi connectivity index (χ0) is 15.0. The molecule has 1 aromatic carbocycles. The monoisotopic (exact) mass is 307 g/mol. The molecule has 2 aromatic rings. The summed E-state index contributed by atoms with van der Waals surface area (Å²) in [6.45, 7) is 3.77. The van der Waals surface area contributed by atoms with Crippen molar-refractivity contribution in [2.24, 2.45) is 0 Å². The number of benzene rings is 1. The molecule has 21 heavy (non-hydrogen) atoms. The number of ether oxygens (including phenoxy) is 1. The molecule has 1 aliphatic rings. The van der Waals surface area contributed by atoms with Crippen molar-refractivity contribution in [2.45, 2.75) is 24.8 Å². The van der Waals surface area contributed by atoms with Crippen molar-refractivity contribution in [1.29, 1.82) is 0 Å². The maximum atomic E-state index is 12.7. The van der Waals surface area contributed by atoms with Crippen LogP contribution >= 0.6 is 0 Å². The van der Waals surface area contributed by atoms with E-state index in [9.17, 15) is 8.42 Å². The molecule has 6 nitrogen and oxygen atoms in total. The largest absolute Gasteiger partial charge is 0.356 e. The molecule has 1 fully saturated rings. The lowest BCUT2D eigenvalue weighted by Gasteiger charge is -2.14. The Morgan fingerprint density at radius 3 is 2.62 bits per heavy atom. The van der Waals surface area contributed by atoms with Gasteiger partial charge in [0, 0.05) is 6.54 Å². The normalized spacial score (nSPS) is 20.0. The summed E-state index contributed by atoms with van der Waals surface area (Å²) in [5, 5.41) is 6.67. The van der Waals surface area contributed by atoms with E-state index in [0.717, 1.165) is 5.56 Å². The Bertz CT molecular complexity index is 721. The molecule has 1 aromatic heterocycles. The van der Waals surface area contributed by atoms with E-state index in [1.54, 1.807) is 13.8 Å². The molecule has 7 heteroatoms. The molecule has 2 heterocycles. The van der Waals surface area contributed by atoms with Crippen LogP contribution in [0.1, 0.15) is 23.1 Å². The fraction of sp³-hybridized carbons (Fsp3) is 0.357. The van der Waals surface area contributed by atoms with Gasteiger partial charge in [-0.2, -0.15) is 9.40 Å². The van der Waals surface area contributed by atoms with E-state index in [4.69, 9.17) is 4.74 Å². The number of H-pyrrole nitrogens is 1. The Morgan fingerprint density at radius 1 is 1.29 bits per heavy atom. The topological polar surface area (TPSA) is 75.3 Å². The van der Waals surface area contributed by atoms with Crippen molar-refractivity contribution in [3.8, 4) is 0 Å². The van der Waals surface area contributed by atoms with Gasteiger partial charge in [0.2, 0.25) is 10.0 Å². The number of nitrogens with one attached hydrogen (secondary N) is 1.